The quantitative estimate of drug-likeness (QED) is 0.486. The molecule has 3 aromatic heterocycles. The molecule has 1 aliphatic carbocycles. The van der Waals surface area contributed by atoms with Gasteiger partial charge in [0.15, 0.2) is 4.83 Å². The molecule has 31 heavy (non-hydrogen) atoms. The Morgan fingerprint density at radius 2 is 1.81 bits per heavy atom. The van der Waals surface area contributed by atoms with E-state index < -0.39 is 0 Å². The van der Waals surface area contributed by atoms with Crippen LogP contribution in [0.15, 0.2) is 35.4 Å². The van der Waals surface area contributed by atoms with Gasteiger partial charge in [0, 0.05) is 5.56 Å². The summed E-state index contributed by atoms with van der Waals surface area (Å²) in [5.41, 5.74) is 5.65. The highest BCUT2D eigenvalue weighted by molar-refractivity contribution is 7.25. The van der Waals surface area contributed by atoms with E-state index in [4.69, 9.17) is 9.72 Å². The number of H-pyrrole nitrogens is 1. The van der Waals surface area contributed by atoms with Crippen molar-refractivity contribution in [3.63, 3.8) is 0 Å². The molecular weight excluding hydrogens is 408 g/mol. The van der Waals surface area contributed by atoms with Crippen molar-refractivity contribution in [2.45, 2.75) is 32.6 Å². The highest BCUT2D eigenvalue weighted by Crippen LogP contribution is 2.38. The van der Waals surface area contributed by atoms with Gasteiger partial charge in [0.1, 0.15) is 29.6 Å². The predicted octanol–water partition coefficient (Wildman–Crippen LogP) is 3.44. The van der Waals surface area contributed by atoms with Gasteiger partial charge in [0.2, 0.25) is 0 Å². The average Bonchev–Trinajstić information content (AvgIpc) is 3.20. The zero-order chi connectivity index (χ0) is 20.9. The van der Waals surface area contributed by atoms with Crippen molar-refractivity contribution in [1.29, 1.82) is 0 Å². The number of anilines is 1. The second-order valence-corrected chi connectivity index (χ2v) is 9.50. The highest BCUT2D eigenvalue weighted by Gasteiger charge is 2.30. The summed E-state index contributed by atoms with van der Waals surface area (Å²) >= 11 is 1.54. The number of nitrogens with zero attached hydrogens (tertiary/aromatic N) is 3. The first-order valence-corrected chi connectivity index (χ1v) is 11.8. The third kappa shape index (κ3) is 3.06. The molecule has 1 aromatic carbocycles. The third-order valence-electron chi connectivity index (χ3n) is 6.53. The van der Waals surface area contributed by atoms with Gasteiger partial charge in [-0.15, -0.1) is 0 Å². The lowest BCUT2D eigenvalue weighted by Gasteiger charge is -2.25. The molecule has 4 heterocycles. The SMILES string of the molecule is Cc1ccc(-n2cnc3c(sc4[nH+]c(N5CCOCC5)c5c(c43)CCCC5)c2=O)cc1. The van der Waals surface area contributed by atoms with Gasteiger partial charge in [-0.25, -0.2) is 9.97 Å². The fraction of sp³-hybridized carbons (Fsp3) is 0.375. The van der Waals surface area contributed by atoms with Crippen LogP contribution in [-0.2, 0) is 17.6 Å². The monoisotopic (exact) mass is 433 g/mol. The minimum atomic E-state index is 0.000866. The molecule has 0 amide bonds. The van der Waals surface area contributed by atoms with Crippen LogP contribution in [0.25, 0.3) is 26.1 Å². The number of benzene rings is 1. The number of hydrogen-bond acceptors (Lipinski definition) is 5. The van der Waals surface area contributed by atoms with Crippen molar-refractivity contribution in [3.05, 3.63) is 57.6 Å². The van der Waals surface area contributed by atoms with E-state index in [-0.39, 0.29) is 5.56 Å². The van der Waals surface area contributed by atoms with E-state index in [1.165, 1.54) is 35.3 Å². The predicted molar refractivity (Wildman–Crippen MR) is 124 cm³/mol. The van der Waals surface area contributed by atoms with Gasteiger partial charge >= 0.3 is 0 Å². The Morgan fingerprint density at radius 3 is 2.58 bits per heavy atom. The van der Waals surface area contributed by atoms with Gasteiger partial charge in [-0.1, -0.05) is 29.0 Å². The molecule has 4 aromatic rings. The Balaban J connectivity index is 1.59. The lowest BCUT2D eigenvalue weighted by atomic mass is 9.90. The van der Waals surface area contributed by atoms with Crippen molar-refractivity contribution >= 4 is 37.6 Å². The van der Waals surface area contributed by atoms with Gasteiger partial charge in [-0.3, -0.25) is 14.3 Å². The summed E-state index contributed by atoms with van der Waals surface area (Å²) < 4.78 is 7.95. The van der Waals surface area contributed by atoms with Gasteiger partial charge in [-0.05, 0) is 50.3 Å². The molecule has 2 aliphatic rings. The molecule has 0 bridgehead atoms. The maximum absolute atomic E-state index is 13.4. The number of thiophene rings is 1. The molecule has 1 aliphatic heterocycles. The molecule has 7 heteroatoms. The minimum Gasteiger partial charge on any atom is -0.373 e. The summed E-state index contributed by atoms with van der Waals surface area (Å²) in [6, 6.07) is 8.00. The number of ether oxygens (including phenoxy) is 1. The van der Waals surface area contributed by atoms with E-state index in [1.807, 2.05) is 31.2 Å². The number of nitrogens with one attached hydrogen (secondary N) is 1. The first-order chi connectivity index (χ1) is 15.2. The summed E-state index contributed by atoms with van der Waals surface area (Å²) in [5, 5.41) is 1.15. The van der Waals surface area contributed by atoms with Crippen LogP contribution in [0.2, 0.25) is 0 Å². The number of fused-ring (bicyclic) bond motifs is 5. The molecule has 0 radical (unpaired) electrons. The lowest BCUT2D eigenvalue weighted by Crippen LogP contribution is -2.40. The molecule has 6 nitrogen and oxygen atoms in total. The largest absolute Gasteiger partial charge is 0.373 e. The van der Waals surface area contributed by atoms with E-state index in [0.717, 1.165) is 65.3 Å². The maximum Gasteiger partial charge on any atom is 0.279 e. The lowest BCUT2D eigenvalue weighted by molar-refractivity contribution is -0.328. The summed E-state index contributed by atoms with van der Waals surface area (Å²) in [6.45, 7) is 5.37. The Kier molecular flexibility index (Phi) is 4.54. The second-order valence-electron chi connectivity index (χ2n) is 8.48. The molecule has 1 saturated heterocycles. The number of aryl methyl sites for hydroxylation is 2. The van der Waals surface area contributed by atoms with E-state index >= 15 is 0 Å². The molecule has 0 spiro atoms. The minimum absolute atomic E-state index is 0.000866. The standard InChI is InChI=1S/C24H24N4O2S/c1-15-6-8-16(9-7-15)28-14-25-20-19-17-4-2-3-5-18(17)22(27-10-12-30-13-11-27)26-23(19)31-21(20)24(28)29/h6-9,14H,2-5,10-13H2,1H3/p+1. The summed E-state index contributed by atoms with van der Waals surface area (Å²) in [5.74, 6) is 1.22. The summed E-state index contributed by atoms with van der Waals surface area (Å²) in [6.07, 6.45) is 6.21. The van der Waals surface area contributed by atoms with Gasteiger partial charge in [0.25, 0.3) is 11.4 Å². The van der Waals surface area contributed by atoms with E-state index in [1.54, 1.807) is 22.2 Å². The van der Waals surface area contributed by atoms with Crippen LogP contribution in [0.5, 0.6) is 0 Å². The van der Waals surface area contributed by atoms with Crippen molar-refractivity contribution < 1.29 is 9.72 Å². The maximum atomic E-state index is 13.4. The molecule has 0 atom stereocenters. The van der Waals surface area contributed by atoms with Crippen molar-refractivity contribution in [1.82, 2.24) is 9.55 Å². The zero-order valence-corrected chi connectivity index (χ0v) is 18.4. The normalized spacial score (nSPS) is 16.7. The molecule has 0 unspecified atom stereocenters. The molecule has 0 saturated carbocycles. The van der Waals surface area contributed by atoms with Crippen molar-refractivity contribution in [3.8, 4) is 5.69 Å². The number of pyridine rings is 1. The Labute approximate surface area is 184 Å². The van der Waals surface area contributed by atoms with Crippen LogP contribution < -0.4 is 15.4 Å². The number of aromatic amines is 1. The number of hydrogen-bond donors (Lipinski definition) is 0. The van der Waals surface area contributed by atoms with Gasteiger partial charge in [0.05, 0.1) is 24.3 Å². The fourth-order valence-corrected chi connectivity index (χ4v) is 6.02. The Bertz CT molecular complexity index is 1350. The van der Waals surface area contributed by atoms with Crippen LogP contribution in [-0.4, -0.2) is 35.9 Å². The van der Waals surface area contributed by atoms with Crippen molar-refractivity contribution in [2.24, 2.45) is 0 Å². The van der Waals surface area contributed by atoms with Gasteiger partial charge in [-0.2, -0.15) is 0 Å². The zero-order valence-electron chi connectivity index (χ0n) is 17.6. The first-order valence-electron chi connectivity index (χ1n) is 11.0. The van der Waals surface area contributed by atoms with Crippen LogP contribution in [0.1, 0.15) is 29.5 Å². The summed E-state index contributed by atoms with van der Waals surface area (Å²) in [7, 11) is 0. The number of morpholine rings is 1. The molecule has 6 rings (SSSR count). The number of aromatic nitrogens is 3. The summed E-state index contributed by atoms with van der Waals surface area (Å²) in [4.78, 5) is 25.4. The first kappa shape index (κ1) is 19.0. The average molecular weight is 434 g/mol. The number of rotatable bonds is 2. The van der Waals surface area contributed by atoms with Crippen LogP contribution in [0.4, 0.5) is 5.82 Å². The fourth-order valence-electron chi connectivity index (χ4n) is 4.91. The van der Waals surface area contributed by atoms with E-state index in [2.05, 4.69) is 9.88 Å². The van der Waals surface area contributed by atoms with Crippen LogP contribution in [0.3, 0.4) is 0 Å². The van der Waals surface area contributed by atoms with E-state index in [9.17, 15) is 4.79 Å². The third-order valence-corrected chi connectivity index (χ3v) is 7.61. The van der Waals surface area contributed by atoms with E-state index in [0.29, 0.717) is 0 Å². The topological polar surface area (TPSA) is 61.5 Å². The Hall–Kier alpha value is -2.77. The molecule has 158 valence electrons. The van der Waals surface area contributed by atoms with Gasteiger partial charge < -0.3 is 4.74 Å². The van der Waals surface area contributed by atoms with Crippen molar-refractivity contribution in [2.75, 3.05) is 31.2 Å². The van der Waals surface area contributed by atoms with Crippen LogP contribution in [0, 0.1) is 6.92 Å². The smallest absolute Gasteiger partial charge is 0.279 e. The van der Waals surface area contributed by atoms with Crippen LogP contribution >= 0.6 is 11.3 Å². The Morgan fingerprint density at radius 1 is 1.06 bits per heavy atom. The molecule has 1 N–H and O–H groups in total. The molecular formula is C24H25N4O2S+. The highest BCUT2D eigenvalue weighted by atomic mass is 32.1. The molecule has 1 fully saturated rings. The second kappa shape index (κ2) is 7.43.